The molecule has 1 unspecified atom stereocenters. The lowest BCUT2D eigenvalue weighted by Crippen LogP contribution is -2.34. The SMILES string of the molecule is CCCCCCCCCCCC(=O)O.N=C(N)NCCCC(N)C(=O)O. The molecule has 0 rings (SSSR count). The predicted molar refractivity (Wildman–Crippen MR) is 104 cm³/mol. The third-order valence-corrected chi connectivity index (χ3v) is 3.82. The smallest absolute Gasteiger partial charge is 0.320 e. The van der Waals surface area contributed by atoms with Gasteiger partial charge in [0.1, 0.15) is 6.04 Å². The highest BCUT2D eigenvalue weighted by Crippen LogP contribution is 2.10. The van der Waals surface area contributed by atoms with Crippen molar-refractivity contribution < 1.29 is 19.8 Å². The monoisotopic (exact) mass is 374 g/mol. The second-order valence-electron chi connectivity index (χ2n) is 6.40. The van der Waals surface area contributed by atoms with Crippen molar-refractivity contribution in [1.29, 1.82) is 5.41 Å². The van der Waals surface area contributed by atoms with Gasteiger partial charge in [0, 0.05) is 13.0 Å². The molecular weight excluding hydrogens is 336 g/mol. The average molecular weight is 375 g/mol. The van der Waals surface area contributed by atoms with Crippen molar-refractivity contribution >= 4 is 17.9 Å². The fourth-order valence-electron chi connectivity index (χ4n) is 2.26. The molecule has 0 aliphatic rings. The minimum absolute atomic E-state index is 0.112. The Morgan fingerprint density at radius 1 is 0.962 bits per heavy atom. The number of carboxylic acid groups (broad SMARTS) is 2. The van der Waals surface area contributed by atoms with Crippen LogP contribution in [0.4, 0.5) is 0 Å². The maximum Gasteiger partial charge on any atom is 0.320 e. The molecule has 0 amide bonds. The summed E-state index contributed by atoms with van der Waals surface area (Å²) in [7, 11) is 0. The van der Waals surface area contributed by atoms with Crippen LogP contribution in [-0.2, 0) is 9.59 Å². The fourth-order valence-corrected chi connectivity index (χ4v) is 2.26. The van der Waals surface area contributed by atoms with E-state index >= 15 is 0 Å². The molecule has 8 heteroatoms. The van der Waals surface area contributed by atoms with Crippen LogP contribution in [0.25, 0.3) is 0 Å². The summed E-state index contributed by atoms with van der Waals surface area (Å²) in [6.45, 7) is 2.71. The van der Waals surface area contributed by atoms with Crippen molar-refractivity contribution in [1.82, 2.24) is 5.32 Å². The largest absolute Gasteiger partial charge is 0.481 e. The number of carbonyl (C=O) groups is 2. The second kappa shape index (κ2) is 19.5. The molecular formula is C18H38N4O4. The van der Waals surface area contributed by atoms with E-state index in [1.54, 1.807) is 0 Å². The summed E-state index contributed by atoms with van der Waals surface area (Å²) in [5.74, 6) is -1.77. The van der Waals surface area contributed by atoms with Crippen molar-refractivity contribution in [3.8, 4) is 0 Å². The number of guanidine groups is 1. The van der Waals surface area contributed by atoms with E-state index in [0.717, 1.165) is 12.8 Å². The zero-order valence-corrected chi connectivity index (χ0v) is 16.1. The van der Waals surface area contributed by atoms with Crippen LogP contribution >= 0.6 is 0 Å². The molecule has 1 atom stereocenters. The molecule has 0 fully saturated rings. The molecule has 0 saturated carbocycles. The highest BCUT2D eigenvalue weighted by molar-refractivity contribution is 5.74. The molecule has 8 N–H and O–H groups in total. The minimum Gasteiger partial charge on any atom is -0.481 e. The van der Waals surface area contributed by atoms with Gasteiger partial charge in [-0.25, -0.2) is 0 Å². The van der Waals surface area contributed by atoms with Gasteiger partial charge >= 0.3 is 11.9 Å². The summed E-state index contributed by atoms with van der Waals surface area (Å²) in [4.78, 5) is 20.4. The molecule has 0 saturated heterocycles. The number of unbranched alkanes of at least 4 members (excludes halogenated alkanes) is 8. The van der Waals surface area contributed by atoms with Gasteiger partial charge in [-0.3, -0.25) is 15.0 Å². The van der Waals surface area contributed by atoms with Crippen molar-refractivity contribution in [2.24, 2.45) is 11.5 Å². The minimum atomic E-state index is -1.00. The van der Waals surface area contributed by atoms with Gasteiger partial charge in [-0.2, -0.15) is 0 Å². The molecule has 0 aromatic heterocycles. The molecule has 0 aromatic carbocycles. The molecule has 0 bridgehead atoms. The van der Waals surface area contributed by atoms with Crippen molar-refractivity contribution in [3.63, 3.8) is 0 Å². The summed E-state index contributed by atoms with van der Waals surface area (Å²) >= 11 is 0. The molecule has 26 heavy (non-hydrogen) atoms. The first-order valence-electron chi connectivity index (χ1n) is 9.59. The Labute approximate surface area is 157 Å². The van der Waals surface area contributed by atoms with E-state index in [-0.39, 0.29) is 5.96 Å². The van der Waals surface area contributed by atoms with Crippen LogP contribution in [0, 0.1) is 5.41 Å². The molecule has 0 aromatic rings. The van der Waals surface area contributed by atoms with E-state index in [2.05, 4.69) is 12.2 Å². The van der Waals surface area contributed by atoms with E-state index in [0.29, 0.717) is 25.8 Å². The maximum absolute atomic E-state index is 10.2. The van der Waals surface area contributed by atoms with Gasteiger partial charge in [-0.15, -0.1) is 0 Å². The zero-order valence-electron chi connectivity index (χ0n) is 16.1. The van der Waals surface area contributed by atoms with Gasteiger partial charge < -0.3 is 27.0 Å². The van der Waals surface area contributed by atoms with E-state index in [1.165, 1.54) is 44.9 Å². The van der Waals surface area contributed by atoms with Crippen LogP contribution in [0.15, 0.2) is 0 Å². The topological polar surface area (TPSA) is 163 Å². The van der Waals surface area contributed by atoms with Gasteiger partial charge in [0.25, 0.3) is 0 Å². The summed E-state index contributed by atoms with van der Waals surface area (Å²) in [6.07, 6.45) is 12.5. The molecule has 0 heterocycles. The normalized spacial score (nSPS) is 11.2. The van der Waals surface area contributed by atoms with Crippen LogP contribution in [0.3, 0.4) is 0 Å². The number of nitrogens with two attached hydrogens (primary N) is 2. The number of rotatable bonds is 15. The highest BCUT2D eigenvalue weighted by atomic mass is 16.4. The van der Waals surface area contributed by atoms with Crippen LogP contribution in [0.5, 0.6) is 0 Å². The molecule has 8 nitrogen and oxygen atoms in total. The van der Waals surface area contributed by atoms with E-state index < -0.39 is 18.0 Å². The lowest BCUT2D eigenvalue weighted by atomic mass is 10.1. The lowest BCUT2D eigenvalue weighted by molar-refractivity contribution is -0.139. The summed E-state index contributed by atoms with van der Waals surface area (Å²) in [5, 5.41) is 26.1. The Morgan fingerprint density at radius 3 is 1.88 bits per heavy atom. The highest BCUT2D eigenvalue weighted by Gasteiger charge is 2.09. The zero-order chi connectivity index (χ0) is 20.2. The maximum atomic E-state index is 10.2. The summed E-state index contributed by atoms with van der Waals surface area (Å²) < 4.78 is 0. The van der Waals surface area contributed by atoms with Crippen molar-refractivity contribution in [2.45, 2.75) is 90.0 Å². The third-order valence-electron chi connectivity index (χ3n) is 3.82. The van der Waals surface area contributed by atoms with Crippen LogP contribution in [0.2, 0.25) is 0 Å². The Morgan fingerprint density at radius 2 is 1.46 bits per heavy atom. The first-order chi connectivity index (χ1) is 12.3. The standard InChI is InChI=1S/C12H24O2.C6H14N4O2/c1-2-3-4-5-6-7-8-9-10-11-12(13)14;7-4(5(11)12)2-1-3-10-6(8)9/h2-11H2,1H3,(H,13,14);4H,1-3,7H2,(H,11,12)(H4,8,9,10). The van der Waals surface area contributed by atoms with Crippen LogP contribution in [-0.4, -0.2) is 40.7 Å². The Bertz CT molecular complexity index is 378. The van der Waals surface area contributed by atoms with E-state index in [1.807, 2.05) is 0 Å². The average Bonchev–Trinajstić information content (AvgIpc) is 2.57. The van der Waals surface area contributed by atoms with E-state index in [9.17, 15) is 9.59 Å². The number of carboxylic acids is 2. The first-order valence-corrected chi connectivity index (χ1v) is 9.59. The third kappa shape index (κ3) is 24.4. The molecule has 0 aliphatic heterocycles. The second-order valence-corrected chi connectivity index (χ2v) is 6.40. The van der Waals surface area contributed by atoms with Gasteiger partial charge in [0.2, 0.25) is 0 Å². The molecule has 0 aliphatic carbocycles. The number of hydrogen-bond acceptors (Lipinski definition) is 4. The molecule has 154 valence electrons. The Hall–Kier alpha value is -1.83. The van der Waals surface area contributed by atoms with Gasteiger partial charge in [0.05, 0.1) is 0 Å². The van der Waals surface area contributed by atoms with E-state index in [4.69, 9.17) is 27.1 Å². The molecule has 0 radical (unpaired) electrons. The number of hydrogen-bond donors (Lipinski definition) is 6. The van der Waals surface area contributed by atoms with Gasteiger partial charge in [-0.1, -0.05) is 58.3 Å². The van der Waals surface area contributed by atoms with Crippen molar-refractivity contribution in [3.05, 3.63) is 0 Å². The Balaban J connectivity index is 0. The summed E-state index contributed by atoms with van der Waals surface area (Å²) in [6, 6.07) is -0.821. The van der Waals surface area contributed by atoms with Crippen LogP contribution in [0.1, 0.15) is 84.0 Å². The summed E-state index contributed by atoms with van der Waals surface area (Å²) in [5.41, 5.74) is 10.2. The Kier molecular flexibility index (Phi) is 19.8. The van der Waals surface area contributed by atoms with Crippen LogP contribution < -0.4 is 16.8 Å². The number of aliphatic carboxylic acids is 2. The van der Waals surface area contributed by atoms with Crippen molar-refractivity contribution in [2.75, 3.05) is 6.54 Å². The van der Waals surface area contributed by atoms with Gasteiger partial charge in [-0.05, 0) is 19.3 Å². The first kappa shape index (κ1) is 26.4. The fraction of sp³-hybridized carbons (Fsp3) is 0.833. The van der Waals surface area contributed by atoms with Gasteiger partial charge in [0.15, 0.2) is 5.96 Å². The molecule has 0 spiro atoms. The predicted octanol–water partition coefficient (Wildman–Crippen LogP) is 2.65. The number of nitrogens with one attached hydrogen (secondary N) is 2. The quantitative estimate of drug-likeness (QED) is 0.146. The lowest BCUT2D eigenvalue weighted by Gasteiger charge is -2.06.